The molecule has 2 saturated carbocycles. The van der Waals surface area contributed by atoms with Crippen molar-refractivity contribution in [3.8, 4) is 5.75 Å². The standard InChI is InChI=1S/C35H45N7O5/c1-23-31(47-22-37-23)21-46-30-8-7-26-19-40(10-9-25(26)15-30)20-29(43)18-36-34(44)27-16-32(38-28-3-2-4-28)39-33(17-27)41-11-13-42(14-12-41)35(45)24-5-6-24/h7-8,15-17,22,24,28-29,43H,2-6,9-14,18-21H2,1H3,(H,36,44)(H,38,39). The number of fused-ring (bicyclic) bond motifs is 1. The number of piperazine rings is 1. The Hall–Kier alpha value is -4.16. The van der Waals surface area contributed by atoms with Crippen LogP contribution in [0.3, 0.4) is 0 Å². The van der Waals surface area contributed by atoms with Crippen molar-refractivity contribution in [3.05, 3.63) is 64.9 Å². The van der Waals surface area contributed by atoms with Crippen molar-refractivity contribution in [2.45, 2.75) is 70.7 Å². The van der Waals surface area contributed by atoms with Gasteiger partial charge in [0.05, 0.1) is 11.8 Å². The number of oxazole rings is 1. The van der Waals surface area contributed by atoms with E-state index in [9.17, 15) is 14.7 Å². The molecule has 250 valence electrons. The Balaban J connectivity index is 0.919. The number of nitrogens with one attached hydrogen (secondary N) is 2. The SMILES string of the molecule is Cc1ncoc1COc1ccc2c(c1)CCN(CC(O)CNC(=O)c1cc(NC3CCC3)nc(N3CCN(C(=O)C4CC4)CC3)c1)C2. The Morgan fingerprint density at radius 1 is 1.06 bits per heavy atom. The molecule has 2 amide bonds. The highest BCUT2D eigenvalue weighted by Crippen LogP contribution is 2.32. The van der Waals surface area contributed by atoms with E-state index in [1.807, 2.05) is 30.0 Å². The summed E-state index contributed by atoms with van der Waals surface area (Å²) in [7, 11) is 0. The monoisotopic (exact) mass is 643 g/mol. The zero-order valence-corrected chi connectivity index (χ0v) is 27.1. The summed E-state index contributed by atoms with van der Waals surface area (Å²) < 4.78 is 11.3. The maximum absolute atomic E-state index is 13.4. The van der Waals surface area contributed by atoms with E-state index in [-0.39, 0.29) is 24.3 Å². The van der Waals surface area contributed by atoms with Crippen LogP contribution in [0.5, 0.6) is 5.75 Å². The number of anilines is 2. The molecule has 1 aromatic carbocycles. The summed E-state index contributed by atoms with van der Waals surface area (Å²) in [6.45, 7) is 7.11. The lowest BCUT2D eigenvalue weighted by Crippen LogP contribution is -2.49. The predicted molar refractivity (Wildman–Crippen MR) is 176 cm³/mol. The molecule has 2 aliphatic heterocycles. The number of rotatable bonds is 12. The van der Waals surface area contributed by atoms with E-state index in [0.717, 1.165) is 68.2 Å². The first-order chi connectivity index (χ1) is 22.9. The van der Waals surface area contributed by atoms with E-state index < -0.39 is 6.10 Å². The summed E-state index contributed by atoms with van der Waals surface area (Å²) in [5.41, 5.74) is 3.80. The van der Waals surface area contributed by atoms with Gasteiger partial charge < -0.3 is 34.7 Å². The van der Waals surface area contributed by atoms with Gasteiger partial charge >= 0.3 is 0 Å². The van der Waals surface area contributed by atoms with Gasteiger partial charge in [-0.1, -0.05) is 6.07 Å². The van der Waals surface area contributed by atoms with Crippen LogP contribution in [-0.2, 0) is 24.4 Å². The van der Waals surface area contributed by atoms with Crippen LogP contribution in [0.4, 0.5) is 11.6 Å². The van der Waals surface area contributed by atoms with Crippen LogP contribution in [0.15, 0.2) is 41.1 Å². The Bertz CT molecular complexity index is 1580. The first-order valence-corrected chi connectivity index (χ1v) is 17.0. The van der Waals surface area contributed by atoms with Crippen molar-refractivity contribution in [1.29, 1.82) is 0 Å². The number of carbonyl (C=O) groups is 2. The number of aryl methyl sites for hydroxylation is 1. The molecule has 2 aromatic heterocycles. The fourth-order valence-corrected chi connectivity index (χ4v) is 6.51. The number of aliphatic hydroxyl groups is 1. The lowest BCUT2D eigenvalue weighted by molar-refractivity contribution is -0.132. The summed E-state index contributed by atoms with van der Waals surface area (Å²) in [5.74, 6) is 3.23. The van der Waals surface area contributed by atoms with Crippen LogP contribution in [0.1, 0.15) is 65.0 Å². The molecule has 3 aromatic rings. The zero-order chi connectivity index (χ0) is 32.3. The number of benzene rings is 1. The molecule has 7 rings (SSSR count). The maximum atomic E-state index is 13.4. The van der Waals surface area contributed by atoms with E-state index in [4.69, 9.17) is 14.1 Å². The highest BCUT2D eigenvalue weighted by molar-refractivity contribution is 5.95. The quantitative estimate of drug-likeness (QED) is 0.270. The minimum absolute atomic E-state index is 0.154. The number of hydrogen-bond acceptors (Lipinski definition) is 10. The molecule has 47 heavy (non-hydrogen) atoms. The van der Waals surface area contributed by atoms with E-state index in [1.54, 1.807) is 0 Å². The van der Waals surface area contributed by atoms with Crippen molar-refractivity contribution >= 4 is 23.5 Å². The number of nitrogens with zero attached hydrogens (tertiary/aromatic N) is 5. The smallest absolute Gasteiger partial charge is 0.251 e. The van der Waals surface area contributed by atoms with Crippen molar-refractivity contribution in [1.82, 2.24) is 25.1 Å². The van der Waals surface area contributed by atoms with Gasteiger partial charge in [0.15, 0.2) is 12.2 Å². The molecule has 12 nitrogen and oxygen atoms in total. The number of aliphatic hydroxyl groups excluding tert-OH is 1. The summed E-state index contributed by atoms with van der Waals surface area (Å²) in [5, 5.41) is 17.4. The average Bonchev–Trinajstić information content (AvgIpc) is 3.84. The Morgan fingerprint density at radius 3 is 2.62 bits per heavy atom. The van der Waals surface area contributed by atoms with Gasteiger partial charge in [0.2, 0.25) is 5.91 Å². The Kier molecular flexibility index (Phi) is 9.30. The Labute approximate surface area is 275 Å². The van der Waals surface area contributed by atoms with E-state index in [0.29, 0.717) is 56.8 Å². The van der Waals surface area contributed by atoms with Crippen molar-refractivity contribution in [3.63, 3.8) is 0 Å². The molecule has 12 heteroatoms. The molecule has 4 aliphatic rings. The number of carbonyl (C=O) groups excluding carboxylic acids is 2. The fourth-order valence-electron chi connectivity index (χ4n) is 6.51. The molecule has 2 aliphatic carbocycles. The van der Waals surface area contributed by atoms with Gasteiger partial charge in [-0.3, -0.25) is 14.5 Å². The van der Waals surface area contributed by atoms with Gasteiger partial charge in [0.1, 0.15) is 24.0 Å². The lowest BCUT2D eigenvalue weighted by atomic mass is 9.93. The number of aromatic nitrogens is 2. The molecule has 4 heterocycles. The Morgan fingerprint density at radius 2 is 1.89 bits per heavy atom. The highest BCUT2D eigenvalue weighted by Gasteiger charge is 2.35. The second-order valence-corrected chi connectivity index (χ2v) is 13.4. The number of pyridine rings is 1. The van der Waals surface area contributed by atoms with Crippen LogP contribution < -0.4 is 20.3 Å². The van der Waals surface area contributed by atoms with Crippen molar-refractivity contribution in [2.24, 2.45) is 5.92 Å². The predicted octanol–water partition coefficient (Wildman–Crippen LogP) is 3.13. The number of hydrogen-bond donors (Lipinski definition) is 3. The largest absolute Gasteiger partial charge is 0.486 e. The van der Waals surface area contributed by atoms with Gasteiger partial charge in [-0.05, 0) is 80.8 Å². The molecule has 1 unspecified atom stereocenters. The van der Waals surface area contributed by atoms with Crippen molar-refractivity contribution in [2.75, 3.05) is 56.0 Å². The summed E-state index contributed by atoms with van der Waals surface area (Å²) >= 11 is 0. The number of amides is 2. The van der Waals surface area contributed by atoms with Gasteiger partial charge in [-0.2, -0.15) is 0 Å². The first kappa shape index (κ1) is 31.4. The molecule has 0 radical (unpaired) electrons. The second kappa shape index (κ2) is 13.9. The highest BCUT2D eigenvalue weighted by atomic mass is 16.5. The topological polar surface area (TPSA) is 136 Å². The second-order valence-electron chi connectivity index (χ2n) is 13.4. The van der Waals surface area contributed by atoms with Gasteiger partial charge in [0, 0.05) is 69.9 Å². The third kappa shape index (κ3) is 7.70. The summed E-state index contributed by atoms with van der Waals surface area (Å²) in [6, 6.07) is 10.1. The summed E-state index contributed by atoms with van der Waals surface area (Å²) in [4.78, 5) is 41.2. The van der Waals surface area contributed by atoms with Crippen LogP contribution in [0, 0.1) is 12.8 Å². The van der Waals surface area contributed by atoms with Crippen LogP contribution in [0.25, 0.3) is 0 Å². The van der Waals surface area contributed by atoms with Crippen molar-refractivity contribution < 1.29 is 23.8 Å². The maximum Gasteiger partial charge on any atom is 0.251 e. The van der Waals surface area contributed by atoms with Crippen LogP contribution >= 0.6 is 0 Å². The molecule has 0 spiro atoms. The number of β-amino-alcohol motifs (C(OH)–C–C–N with tert-alkyl or cyclic N) is 1. The zero-order valence-electron chi connectivity index (χ0n) is 27.1. The number of ether oxygens (including phenoxy) is 1. The minimum atomic E-state index is -0.709. The molecule has 3 fully saturated rings. The van der Waals surface area contributed by atoms with Gasteiger partial charge in [0.25, 0.3) is 5.91 Å². The first-order valence-electron chi connectivity index (χ1n) is 17.0. The van der Waals surface area contributed by atoms with Gasteiger partial charge in [-0.15, -0.1) is 0 Å². The van der Waals surface area contributed by atoms with E-state index in [1.165, 1.54) is 23.9 Å². The normalized spacial score (nSPS) is 19.1. The molecular formula is C35H45N7O5. The van der Waals surface area contributed by atoms with Gasteiger partial charge in [-0.25, -0.2) is 9.97 Å². The molecule has 1 saturated heterocycles. The minimum Gasteiger partial charge on any atom is -0.486 e. The third-order valence-corrected chi connectivity index (χ3v) is 9.82. The van der Waals surface area contributed by atoms with E-state index in [2.05, 4.69) is 37.6 Å². The summed E-state index contributed by atoms with van der Waals surface area (Å²) in [6.07, 6.45) is 6.99. The molecule has 1 atom stereocenters. The van der Waals surface area contributed by atoms with E-state index >= 15 is 0 Å². The molecular weight excluding hydrogens is 598 g/mol. The lowest BCUT2D eigenvalue weighted by Gasteiger charge is -2.36. The van der Waals surface area contributed by atoms with Crippen LogP contribution in [-0.4, -0.2) is 94.6 Å². The molecule has 3 N–H and O–H groups in total. The average molecular weight is 644 g/mol. The molecule has 0 bridgehead atoms. The third-order valence-electron chi connectivity index (χ3n) is 9.82. The van der Waals surface area contributed by atoms with Crippen LogP contribution in [0.2, 0.25) is 0 Å². The fraction of sp³-hybridized carbons (Fsp3) is 0.543.